The van der Waals surface area contributed by atoms with Crippen LogP contribution in [-0.2, 0) is 26.0 Å². The smallest absolute Gasteiger partial charge is 0.252 e. The fraction of sp³-hybridized carbons (Fsp3) is 0.200. The Labute approximate surface area is 198 Å². The minimum atomic E-state index is -4.03. The number of aryl methyl sites for hydroxylation is 1. The number of benzene rings is 3. The molecule has 1 aliphatic rings. The summed E-state index contributed by atoms with van der Waals surface area (Å²) in [5.41, 5.74) is 2.23. The molecule has 0 bridgehead atoms. The Hall–Kier alpha value is -3.00. The van der Waals surface area contributed by atoms with Crippen LogP contribution in [0.5, 0.6) is 0 Å². The Kier molecular flexibility index (Phi) is 6.65. The third-order valence-electron chi connectivity index (χ3n) is 5.65. The molecule has 0 aliphatic carbocycles. The number of imide groups is 1. The number of carbonyl (C=O) groups is 2. The van der Waals surface area contributed by atoms with Crippen molar-refractivity contribution in [2.45, 2.75) is 30.7 Å². The van der Waals surface area contributed by atoms with E-state index in [0.29, 0.717) is 17.1 Å². The van der Waals surface area contributed by atoms with Crippen LogP contribution in [0.4, 0.5) is 5.69 Å². The minimum Gasteiger partial charge on any atom is -0.274 e. The van der Waals surface area contributed by atoms with E-state index in [-0.39, 0.29) is 17.9 Å². The van der Waals surface area contributed by atoms with E-state index in [1.165, 1.54) is 16.4 Å². The third-order valence-corrected chi connectivity index (χ3v) is 7.82. The van der Waals surface area contributed by atoms with Crippen molar-refractivity contribution in [3.05, 3.63) is 95.0 Å². The van der Waals surface area contributed by atoms with Gasteiger partial charge in [0.2, 0.25) is 15.9 Å². The van der Waals surface area contributed by atoms with Gasteiger partial charge in [-0.1, -0.05) is 59.6 Å². The van der Waals surface area contributed by atoms with E-state index in [2.05, 4.69) is 0 Å². The molecule has 1 fully saturated rings. The molecule has 2 amide bonds. The molecule has 1 unspecified atom stereocenters. The van der Waals surface area contributed by atoms with Crippen molar-refractivity contribution in [1.82, 2.24) is 4.31 Å². The number of sulfonamides is 1. The molecule has 1 saturated heterocycles. The van der Waals surface area contributed by atoms with Gasteiger partial charge in [0.05, 0.1) is 17.0 Å². The lowest BCUT2D eigenvalue weighted by Gasteiger charge is -2.27. The third kappa shape index (κ3) is 4.85. The van der Waals surface area contributed by atoms with Crippen LogP contribution in [0.1, 0.15) is 17.5 Å². The summed E-state index contributed by atoms with van der Waals surface area (Å²) in [6.45, 7) is 1.94. The highest BCUT2D eigenvalue weighted by Crippen LogP contribution is 2.30. The van der Waals surface area contributed by atoms with Crippen LogP contribution in [0, 0.1) is 6.92 Å². The van der Waals surface area contributed by atoms with E-state index in [9.17, 15) is 18.0 Å². The van der Waals surface area contributed by atoms with Gasteiger partial charge in [-0.25, -0.2) is 13.3 Å². The fourth-order valence-corrected chi connectivity index (χ4v) is 5.58. The van der Waals surface area contributed by atoms with Crippen LogP contribution in [0.3, 0.4) is 0 Å². The predicted molar refractivity (Wildman–Crippen MR) is 128 cm³/mol. The van der Waals surface area contributed by atoms with Crippen molar-refractivity contribution in [1.29, 1.82) is 0 Å². The second kappa shape index (κ2) is 9.47. The molecular weight excluding hydrogens is 460 g/mol. The number of carbonyl (C=O) groups excluding carboxylic acids is 2. The quantitative estimate of drug-likeness (QED) is 0.473. The number of halogens is 1. The van der Waals surface area contributed by atoms with Crippen LogP contribution < -0.4 is 4.90 Å². The molecule has 6 nitrogen and oxygen atoms in total. The first-order chi connectivity index (χ1) is 15.8. The van der Waals surface area contributed by atoms with Crippen molar-refractivity contribution >= 4 is 39.1 Å². The van der Waals surface area contributed by atoms with Crippen molar-refractivity contribution < 1.29 is 18.0 Å². The van der Waals surface area contributed by atoms with Crippen molar-refractivity contribution in [2.24, 2.45) is 0 Å². The first kappa shape index (κ1) is 23.2. The zero-order valence-electron chi connectivity index (χ0n) is 18.0. The maximum Gasteiger partial charge on any atom is 0.252 e. The minimum absolute atomic E-state index is 0.0678. The monoisotopic (exact) mass is 482 g/mol. The van der Waals surface area contributed by atoms with Crippen LogP contribution in [0.25, 0.3) is 0 Å². The number of anilines is 1. The number of nitrogens with zero attached hydrogens (tertiary/aromatic N) is 2. The van der Waals surface area contributed by atoms with Crippen LogP contribution in [0.15, 0.2) is 83.8 Å². The highest BCUT2D eigenvalue weighted by atomic mass is 35.5. The van der Waals surface area contributed by atoms with Gasteiger partial charge in [0, 0.05) is 11.6 Å². The topological polar surface area (TPSA) is 74.8 Å². The van der Waals surface area contributed by atoms with Crippen molar-refractivity contribution in [2.75, 3.05) is 11.4 Å². The average Bonchev–Trinajstić information content (AvgIpc) is 3.09. The summed E-state index contributed by atoms with van der Waals surface area (Å²) in [7, 11) is -4.03. The molecule has 1 heterocycles. The first-order valence-corrected chi connectivity index (χ1v) is 12.3. The molecule has 4 rings (SSSR count). The molecule has 33 heavy (non-hydrogen) atoms. The molecule has 0 saturated carbocycles. The second-order valence-electron chi connectivity index (χ2n) is 7.93. The van der Waals surface area contributed by atoms with Crippen LogP contribution in [-0.4, -0.2) is 37.1 Å². The van der Waals surface area contributed by atoms with E-state index >= 15 is 0 Å². The molecule has 0 N–H and O–H groups in total. The molecule has 0 spiro atoms. The van der Waals surface area contributed by atoms with E-state index in [1.807, 2.05) is 37.3 Å². The Balaban J connectivity index is 1.69. The SMILES string of the molecule is Cc1ccc(S(=O)(=O)N(CCc2ccccc2)C2CC(=O)N(c3ccc(Cl)cc3)C2=O)cc1. The summed E-state index contributed by atoms with van der Waals surface area (Å²) in [5, 5.41) is 0.473. The molecular formula is C25H23ClN2O4S. The fourth-order valence-electron chi connectivity index (χ4n) is 3.88. The average molecular weight is 483 g/mol. The summed E-state index contributed by atoms with van der Waals surface area (Å²) in [6, 6.07) is 21.1. The van der Waals surface area contributed by atoms with E-state index in [0.717, 1.165) is 16.0 Å². The molecule has 170 valence electrons. The Morgan fingerprint density at radius 3 is 2.21 bits per heavy atom. The van der Waals surface area contributed by atoms with Gasteiger partial charge >= 0.3 is 0 Å². The summed E-state index contributed by atoms with van der Waals surface area (Å²) >= 11 is 5.93. The Morgan fingerprint density at radius 2 is 1.58 bits per heavy atom. The molecule has 1 atom stereocenters. The van der Waals surface area contributed by atoms with Crippen molar-refractivity contribution in [3.63, 3.8) is 0 Å². The first-order valence-electron chi connectivity index (χ1n) is 10.5. The molecule has 0 radical (unpaired) electrons. The summed E-state index contributed by atoms with van der Waals surface area (Å²) in [4.78, 5) is 27.3. The summed E-state index contributed by atoms with van der Waals surface area (Å²) < 4.78 is 28.4. The zero-order chi connectivity index (χ0) is 23.6. The largest absolute Gasteiger partial charge is 0.274 e. The molecule has 3 aromatic rings. The standard InChI is InChI=1S/C25H23ClN2O4S/c1-18-7-13-22(14-8-18)33(31,32)27(16-15-19-5-3-2-4-6-19)23-17-24(29)28(25(23)30)21-11-9-20(26)10-12-21/h2-14,23H,15-17H2,1H3. The van der Waals surface area contributed by atoms with Gasteiger partial charge in [-0.05, 0) is 55.3 Å². The summed E-state index contributed by atoms with van der Waals surface area (Å²) in [5.74, 6) is -1.01. The maximum atomic E-state index is 13.6. The number of hydrogen-bond acceptors (Lipinski definition) is 4. The van der Waals surface area contributed by atoms with Gasteiger partial charge in [-0.2, -0.15) is 4.31 Å². The lowest BCUT2D eigenvalue weighted by Crippen LogP contribution is -2.46. The highest BCUT2D eigenvalue weighted by molar-refractivity contribution is 7.89. The predicted octanol–water partition coefficient (Wildman–Crippen LogP) is 4.21. The van der Waals surface area contributed by atoms with Gasteiger partial charge in [0.25, 0.3) is 5.91 Å². The normalized spacial score (nSPS) is 16.6. The number of hydrogen-bond donors (Lipinski definition) is 0. The zero-order valence-corrected chi connectivity index (χ0v) is 19.6. The molecule has 3 aromatic carbocycles. The van der Waals surface area contributed by atoms with E-state index in [4.69, 9.17) is 11.6 Å². The molecule has 0 aromatic heterocycles. The number of amides is 2. The lowest BCUT2D eigenvalue weighted by molar-refractivity contribution is -0.122. The van der Waals surface area contributed by atoms with Crippen LogP contribution in [0.2, 0.25) is 5.02 Å². The van der Waals surface area contributed by atoms with Gasteiger partial charge in [0.15, 0.2) is 0 Å². The van der Waals surface area contributed by atoms with Crippen molar-refractivity contribution in [3.8, 4) is 0 Å². The van der Waals surface area contributed by atoms with E-state index < -0.39 is 27.9 Å². The van der Waals surface area contributed by atoms with Gasteiger partial charge in [-0.3, -0.25) is 9.59 Å². The Bertz CT molecular complexity index is 1260. The second-order valence-corrected chi connectivity index (χ2v) is 10.3. The van der Waals surface area contributed by atoms with Gasteiger partial charge in [-0.15, -0.1) is 0 Å². The van der Waals surface area contributed by atoms with E-state index in [1.54, 1.807) is 36.4 Å². The maximum absolute atomic E-state index is 13.6. The molecule has 8 heteroatoms. The van der Waals surface area contributed by atoms with Gasteiger partial charge < -0.3 is 0 Å². The van der Waals surface area contributed by atoms with Gasteiger partial charge in [0.1, 0.15) is 6.04 Å². The number of rotatable bonds is 7. The highest BCUT2D eigenvalue weighted by Gasteiger charge is 2.46. The molecule has 1 aliphatic heterocycles. The lowest BCUT2D eigenvalue weighted by atomic mass is 10.1. The summed E-state index contributed by atoms with van der Waals surface area (Å²) in [6.07, 6.45) is 0.187. The Morgan fingerprint density at radius 1 is 0.939 bits per heavy atom. The van der Waals surface area contributed by atoms with Crippen LogP contribution >= 0.6 is 11.6 Å².